The topological polar surface area (TPSA) is 17.1 Å². The molecule has 0 aromatic heterocycles. The number of aldehydes is 1. The average molecular weight is 256 g/mol. The number of carbonyl (C=O) groups is 1. The van der Waals surface area contributed by atoms with E-state index in [-0.39, 0.29) is 0 Å². The van der Waals surface area contributed by atoms with Gasteiger partial charge in [-0.05, 0) is 36.3 Å². The molecule has 0 radical (unpaired) electrons. The largest absolute Gasteiger partial charge is 0.298 e. The molecule has 0 fully saturated rings. The molecule has 0 aliphatic carbocycles. The van der Waals surface area contributed by atoms with Gasteiger partial charge in [0.1, 0.15) is 6.29 Å². The predicted molar refractivity (Wildman–Crippen MR) is 77.3 cm³/mol. The molecule has 0 aliphatic heterocycles. The highest BCUT2D eigenvalue weighted by Crippen LogP contribution is 2.19. The first-order valence-electron chi connectivity index (χ1n) is 6.11. The van der Waals surface area contributed by atoms with Crippen molar-refractivity contribution in [2.45, 2.75) is 17.7 Å². The highest BCUT2D eigenvalue weighted by atomic mass is 32.2. The summed E-state index contributed by atoms with van der Waals surface area (Å²) in [4.78, 5) is 12.2. The van der Waals surface area contributed by atoms with Crippen LogP contribution in [0.1, 0.15) is 22.3 Å². The van der Waals surface area contributed by atoms with E-state index in [0.717, 1.165) is 36.0 Å². The first-order valence-corrected chi connectivity index (χ1v) is 7.09. The van der Waals surface area contributed by atoms with Crippen molar-refractivity contribution in [1.29, 1.82) is 0 Å². The van der Waals surface area contributed by atoms with Crippen LogP contribution in [0.2, 0.25) is 0 Å². The second-order valence-electron chi connectivity index (χ2n) is 4.08. The minimum Gasteiger partial charge on any atom is -0.298 e. The third-order valence-electron chi connectivity index (χ3n) is 2.78. The molecule has 0 amide bonds. The zero-order chi connectivity index (χ0) is 12.6. The highest BCUT2D eigenvalue weighted by Gasteiger charge is 2.00. The summed E-state index contributed by atoms with van der Waals surface area (Å²) in [5, 5.41) is 0. The molecule has 0 saturated heterocycles. The van der Waals surface area contributed by atoms with E-state index >= 15 is 0 Å². The van der Waals surface area contributed by atoms with Crippen molar-refractivity contribution in [3.63, 3.8) is 0 Å². The van der Waals surface area contributed by atoms with Gasteiger partial charge in [0.15, 0.2) is 0 Å². The fourth-order valence-electron chi connectivity index (χ4n) is 1.85. The van der Waals surface area contributed by atoms with Crippen molar-refractivity contribution in [2.75, 3.05) is 5.75 Å². The second kappa shape index (κ2) is 7.02. The Hall–Kier alpha value is -1.54. The van der Waals surface area contributed by atoms with Crippen LogP contribution in [0, 0.1) is 0 Å². The molecule has 0 N–H and O–H groups in total. The summed E-state index contributed by atoms with van der Waals surface area (Å²) in [6, 6.07) is 18.2. The van der Waals surface area contributed by atoms with Gasteiger partial charge < -0.3 is 0 Å². The smallest absolute Gasteiger partial charge is 0.150 e. The van der Waals surface area contributed by atoms with Crippen molar-refractivity contribution in [3.05, 3.63) is 65.7 Å². The van der Waals surface area contributed by atoms with Crippen LogP contribution >= 0.6 is 11.8 Å². The predicted octanol–water partition coefficient (Wildman–Crippen LogP) is 4.22. The van der Waals surface area contributed by atoms with Gasteiger partial charge >= 0.3 is 0 Å². The number of rotatable bonds is 6. The lowest BCUT2D eigenvalue weighted by Gasteiger charge is -2.04. The van der Waals surface area contributed by atoms with Gasteiger partial charge in [0, 0.05) is 10.5 Å². The molecule has 0 spiro atoms. The van der Waals surface area contributed by atoms with Crippen LogP contribution in [0.4, 0.5) is 0 Å². The number of aryl methyl sites for hydroxylation is 1. The highest BCUT2D eigenvalue weighted by molar-refractivity contribution is 7.99. The van der Waals surface area contributed by atoms with E-state index < -0.39 is 0 Å². The summed E-state index contributed by atoms with van der Waals surface area (Å²) in [5.41, 5.74) is 1.98. The maximum absolute atomic E-state index is 10.9. The van der Waals surface area contributed by atoms with Crippen LogP contribution in [0.25, 0.3) is 0 Å². The van der Waals surface area contributed by atoms with E-state index in [4.69, 9.17) is 0 Å². The van der Waals surface area contributed by atoms with Gasteiger partial charge in [0.25, 0.3) is 0 Å². The second-order valence-corrected chi connectivity index (χ2v) is 5.25. The average Bonchev–Trinajstić information content (AvgIpc) is 2.45. The van der Waals surface area contributed by atoms with Gasteiger partial charge in [-0.1, -0.05) is 42.5 Å². The van der Waals surface area contributed by atoms with Gasteiger partial charge in [0.05, 0.1) is 0 Å². The molecule has 92 valence electrons. The number of thioether (sulfide) groups is 1. The molecule has 0 atom stereocenters. The summed E-state index contributed by atoms with van der Waals surface area (Å²) in [6.45, 7) is 0. The van der Waals surface area contributed by atoms with Gasteiger partial charge in [0.2, 0.25) is 0 Å². The molecule has 0 saturated carbocycles. The molecule has 0 aliphatic rings. The molecule has 2 heteroatoms. The normalized spacial score (nSPS) is 10.2. The number of hydrogen-bond acceptors (Lipinski definition) is 2. The maximum atomic E-state index is 10.9. The lowest BCUT2D eigenvalue weighted by atomic mass is 10.0. The number of benzene rings is 2. The Bertz CT molecular complexity index is 493. The molecule has 0 unspecified atom stereocenters. The summed E-state index contributed by atoms with van der Waals surface area (Å²) in [7, 11) is 0. The Morgan fingerprint density at radius 2 is 1.67 bits per heavy atom. The quantitative estimate of drug-likeness (QED) is 0.437. The first kappa shape index (κ1) is 12.9. The Balaban J connectivity index is 1.80. The standard InChI is InChI=1S/C16H16OS/c17-13-15-8-5-4-7-14(15)9-6-12-18-16-10-2-1-3-11-16/h1-5,7-8,10-11,13H,6,9,12H2. The molecule has 2 rings (SSSR count). The lowest BCUT2D eigenvalue weighted by Crippen LogP contribution is -1.93. The van der Waals surface area contributed by atoms with E-state index in [9.17, 15) is 4.79 Å². The van der Waals surface area contributed by atoms with E-state index in [1.807, 2.05) is 42.1 Å². The molecular formula is C16H16OS. The molecule has 1 nitrogen and oxygen atoms in total. The Labute approximate surface area is 112 Å². The molecule has 0 heterocycles. The third-order valence-corrected chi connectivity index (χ3v) is 3.88. The van der Waals surface area contributed by atoms with Crippen LogP contribution in [-0.4, -0.2) is 12.0 Å². The van der Waals surface area contributed by atoms with E-state index in [2.05, 4.69) is 24.3 Å². The summed E-state index contributed by atoms with van der Waals surface area (Å²) in [5.74, 6) is 1.08. The zero-order valence-corrected chi connectivity index (χ0v) is 11.0. The molecule has 2 aromatic rings. The van der Waals surface area contributed by atoms with Crippen LogP contribution in [0.15, 0.2) is 59.5 Å². The Morgan fingerprint density at radius 3 is 2.44 bits per heavy atom. The fourth-order valence-corrected chi connectivity index (χ4v) is 2.72. The van der Waals surface area contributed by atoms with Crippen LogP contribution in [0.5, 0.6) is 0 Å². The molecule has 2 aromatic carbocycles. The molecular weight excluding hydrogens is 240 g/mol. The Morgan fingerprint density at radius 1 is 0.944 bits per heavy atom. The fraction of sp³-hybridized carbons (Fsp3) is 0.188. The number of hydrogen-bond donors (Lipinski definition) is 0. The monoisotopic (exact) mass is 256 g/mol. The minimum absolute atomic E-state index is 0.821. The van der Waals surface area contributed by atoms with Gasteiger partial charge in [-0.15, -0.1) is 11.8 Å². The minimum atomic E-state index is 0.821. The summed E-state index contributed by atoms with van der Waals surface area (Å²) < 4.78 is 0. The summed E-state index contributed by atoms with van der Waals surface area (Å²) in [6.07, 6.45) is 3.00. The van der Waals surface area contributed by atoms with E-state index in [0.29, 0.717) is 0 Å². The van der Waals surface area contributed by atoms with Crippen LogP contribution in [-0.2, 0) is 6.42 Å². The van der Waals surface area contributed by atoms with E-state index in [1.54, 1.807) is 0 Å². The first-order chi connectivity index (χ1) is 8.90. The van der Waals surface area contributed by atoms with Crippen molar-refractivity contribution in [2.24, 2.45) is 0 Å². The molecule has 18 heavy (non-hydrogen) atoms. The van der Waals surface area contributed by atoms with Crippen molar-refractivity contribution >= 4 is 18.0 Å². The van der Waals surface area contributed by atoms with E-state index in [1.165, 1.54) is 4.90 Å². The zero-order valence-electron chi connectivity index (χ0n) is 10.2. The third kappa shape index (κ3) is 3.74. The molecule has 0 bridgehead atoms. The van der Waals surface area contributed by atoms with Crippen molar-refractivity contribution < 1.29 is 4.79 Å². The van der Waals surface area contributed by atoms with Gasteiger partial charge in [-0.2, -0.15) is 0 Å². The summed E-state index contributed by atoms with van der Waals surface area (Å²) >= 11 is 1.86. The van der Waals surface area contributed by atoms with Crippen molar-refractivity contribution in [3.8, 4) is 0 Å². The van der Waals surface area contributed by atoms with Crippen LogP contribution in [0.3, 0.4) is 0 Å². The lowest BCUT2D eigenvalue weighted by molar-refractivity contribution is 0.112. The SMILES string of the molecule is O=Cc1ccccc1CCCSc1ccccc1. The van der Waals surface area contributed by atoms with Crippen molar-refractivity contribution in [1.82, 2.24) is 0 Å². The number of carbonyl (C=O) groups excluding carboxylic acids is 1. The maximum Gasteiger partial charge on any atom is 0.150 e. The van der Waals surface area contributed by atoms with Crippen LogP contribution < -0.4 is 0 Å². The Kier molecular flexibility index (Phi) is 5.03. The van der Waals surface area contributed by atoms with Gasteiger partial charge in [-0.25, -0.2) is 0 Å². The van der Waals surface area contributed by atoms with Gasteiger partial charge in [-0.3, -0.25) is 4.79 Å².